The summed E-state index contributed by atoms with van der Waals surface area (Å²) in [5.41, 5.74) is 1.32. The first kappa shape index (κ1) is 20.2. The number of anilines is 1. The molecule has 0 radical (unpaired) electrons. The Morgan fingerprint density at radius 1 is 1.07 bits per heavy atom. The molecule has 1 fully saturated rings. The second kappa shape index (κ2) is 9.16. The first-order valence-electron chi connectivity index (χ1n) is 10.8. The maximum absolute atomic E-state index is 11.8. The van der Waals surface area contributed by atoms with E-state index in [1.807, 2.05) is 31.3 Å². The molecule has 1 amide bonds. The zero-order chi connectivity index (χ0) is 20.8. The molecule has 0 atom stereocenters. The number of carbonyl (C=O) groups is 1. The van der Waals surface area contributed by atoms with Gasteiger partial charge < -0.3 is 15.4 Å². The molecule has 0 bridgehead atoms. The summed E-state index contributed by atoms with van der Waals surface area (Å²) < 4.78 is 5.60. The number of hydrogen-bond donors (Lipinski definition) is 2. The fraction of sp³-hybridized carbons (Fsp3) is 0.360. The lowest BCUT2D eigenvalue weighted by atomic mass is 9.68. The van der Waals surface area contributed by atoms with Gasteiger partial charge in [0, 0.05) is 30.1 Å². The molecule has 156 valence electrons. The van der Waals surface area contributed by atoms with Gasteiger partial charge in [0.2, 0.25) is 0 Å². The summed E-state index contributed by atoms with van der Waals surface area (Å²) >= 11 is 0. The second-order valence-electron chi connectivity index (χ2n) is 8.02. The van der Waals surface area contributed by atoms with Crippen molar-refractivity contribution in [3.8, 4) is 0 Å². The molecule has 5 heteroatoms. The van der Waals surface area contributed by atoms with Crippen LogP contribution in [-0.4, -0.2) is 30.3 Å². The van der Waals surface area contributed by atoms with Gasteiger partial charge in [0.15, 0.2) is 0 Å². The third kappa shape index (κ3) is 4.40. The molecule has 1 heterocycles. The summed E-state index contributed by atoms with van der Waals surface area (Å²) in [6.07, 6.45) is 5.15. The number of rotatable bonds is 6. The molecular weight excluding hydrogens is 374 g/mol. The van der Waals surface area contributed by atoms with Gasteiger partial charge in [0.1, 0.15) is 11.9 Å². The van der Waals surface area contributed by atoms with E-state index in [0.717, 1.165) is 43.4 Å². The van der Waals surface area contributed by atoms with Crippen LogP contribution in [0.4, 0.5) is 10.6 Å². The van der Waals surface area contributed by atoms with Gasteiger partial charge in [-0.05, 0) is 49.6 Å². The first-order chi connectivity index (χ1) is 14.7. The average molecular weight is 404 g/mol. The number of fused-ring (bicyclic) bond motifs is 1. The Morgan fingerprint density at radius 3 is 2.57 bits per heavy atom. The SMILES string of the molecule is CCNC(=O)OC1CCC(CNc2nccc3ccccc23)(c2ccccc2)CC1. The molecule has 2 N–H and O–H groups in total. The molecular formula is C25H29N3O2. The van der Waals surface area contributed by atoms with Gasteiger partial charge in [-0.25, -0.2) is 9.78 Å². The Hall–Kier alpha value is -3.08. The lowest BCUT2D eigenvalue weighted by Crippen LogP contribution is -2.41. The molecule has 30 heavy (non-hydrogen) atoms. The fourth-order valence-electron chi connectivity index (χ4n) is 4.47. The number of nitrogens with one attached hydrogen (secondary N) is 2. The van der Waals surface area contributed by atoms with E-state index >= 15 is 0 Å². The summed E-state index contributed by atoms with van der Waals surface area (Å²) in [6, 6.07) is 21.0. The Morgan fingerprint density at radius 2 is 1.80 bits per heavy atom. The summed E-state index contributed by atoms with van der Waals surface area (Å²) in [5.74, 6) is 0.920. The summed E-state index contributed by atoms with van der Waals surface area (Å²) in [4.78, 5) is 16.4. The standard InChI is InChI=1S/C25H29N3O2/c1-2-26-24(29)30-21-12-15-25(16-13-21,20-9-4-3-5-10-20)18-28-23-22-11-7-6-8-19(22)14-17-27-23/h3-11,14,17,21H,2,12-13,15-16,18H2,1H3,(H,26,29)(H,27,28). The summed E-state index contributed by atoms with van der Waals surface area (Å²) in [5, 5.41) is 8.69. The second-order valence-corrected chi connectivity index (χ2v) is 8.02. The summed E-state index contributed by atoms with van der Waals surface area (Å²) in [7, 11) is 0. The zero-order valence-corrected chi connectivity index (χ0v) is 17.4. The van der Waals surface area contributed by atoms with Crippen molar-refractivity contribution in [1.29, 1.82) is 0 Å². The van der Waals surface area contributed by atoms with Gasteiger partial charge in [-0.1, -0.05) is 54.6 Å². The van der Waals surface area contributed by atoms with Crippen LogP contribution < -0.4 is 10.6 Å². The Bertz CT molecular complexity index is 977. The van der Waals surface area contributed by atoms with Crippen LogP contribution in [-0.2, 0) is 10.2 Å². The summed E-state index contributed by atoms with van der Waals surface area (Å²) in [6.45, 7) is 3.28. The molecule has 0 aliphatic heterocycles. The average Bonchev–Trinajstić information content (AvgIpc) is 2.79. The molecule has 4 rings (SSSR count). The van der Waals surface area contributed by atoms with Crippen LogP contribution in [0.2, 0.25) is 0 Å². The fourth-order valence-corrected chi connectivity index (χ4v) is 4.47. The van der Waals surface area contributed by atoms with E-state index in [9.17, 15) is 4.79 Å². The molecule has 3 aromatic rings. The van der Waals surface area contributed by atoms with E-state index in [-0.39, 0.29) is 17.6 Å². The normalized spacial score (nSPS) is 21.2. The van der Waals surface area contributed by atoms with Gasteiger partial charge in [-0.15, -0.1) is 0 Å². The van der Waals surface area contributed by atoms with Crippen LogP contribution in [0, 0.1) is 0 Å². The van der Waals surface area contributed by atoms with Gasteiger partial charge in [-0.2, -0.15) is 0 Å². The number of ether oxygens (including phenoxy) is 1. The maximum atomic E-state index is 11.8. The third-order valence-electron chi connectivity index (χ3n) is 6.14. The number of carbonyl (C=O) groups excluding carboxylic acids is 1. The van der Waals surface area contributed by atoms with Crippen LogP contribution in [0.1, 0.15) is 38.2 Å². The zero-order valence-electron chi connectivity index (χ0n) is 17.4. The molecule has 0 unspecified atom stereocenters. The van der Waals surface area contributed by atoms with Crippen molar-refractivity contribution in [2.24, 2.45) is 0 Å². The predicted molar refractivity (Wildman–Crippen MR) is 121 cm³/mol. The highest BCUT2D eigenvalue weighted by Gasteiger charge is 2.38. The van der Waals surface area contributed by atoms with Crippen molar-refractivity contribution in [2.45, 2.75) is 44.1 Å². The van der Waals surface area contributed by atoms with E-state index in [2.05, 4.69) is 58.1 Å². The smallest absolute Gasteiger partial charge is 0.407 e. The molecule has 1 aliphatic rings. The van der Waals surface area contributed by atoms with Crippen LogP contribution in [0.15, 0.2) is 66.9 Å². The minimum absolute atomic E-state index is 0.0129. The Balaban J connectivity index is 1.52. The van der Waals surface area contributed by atoms with E-state index in [1.165, 1.54) is 10.9 Å². The van der Waals surface area contributed by atoms with E-state index in [1.54, 1.807) is 0 Å². The topological polar surface area (TPSA) is 63.2 Å². The number of amides is 1. The minimum Gasteiger partial charge on any atom is -0.446 e. The molecule has 2 aromatic carbocycles. The molecule has 5 nitrogen and oxygen atoms in total. The number of nitrogens with zero attached hydrogens (tertiary/aromatic N) is 1. The van der Waals surface area contributed by atoms with Crippen molar-refractivity contribution >= 4 is 22.7 Å². The van der Waals surface area contributed by atoms with Crippen molar-refractivity contribution in [2.75, 3.05) is 18.4 Å². The van der Waals surface area contributed by atoms with Crippen LogP contribution >= 0.6 is 0 Å². The monoisotopic (exact) mass is 403 g/mol. The van der Waals surface area contributed by atoms with Gasteiger partial charge in [0.05, 0.1) is 0 Å². The molecule has 0 saturated heterocycles. The third-order valence-corrected chi connectivity index (χ3v) is 6.14. The van der Waals surface area contributed by atoms with Crippen molar-refractivity contribution in [1.82, 2.24) is 10.3 Å². The van der Waals surface area contributed by atoms with Crippen molar-refractivity contribution in [3.05, 3.63) is 72.4 Å². The molecule has 0 spiro atoms. The number of pyridine rings is 1. The van der Waals surface area contributed by atoms with Crippen LogP contribution in [0.5, 0.6) is 0 Å². The van der Waals surface area contributed by atoms with E-state index in [4.69, 9.17) is 4.74 Å². The Labute approximate surface area is 177 Å². The van der Waals surface area contributed by atoms with Crippen LogP contribution in [0.25, 0.3) is 10.8 Å². The van der Waals surface area contributed by atoms with Crippen molar-refractivity contribution < 1.29 is 9.53 Å². The largest absolute Gasteiger partial charge is 0.446 e. The lowest BCUT2D eigenvalue weighted by Gasteiger charge is -2.40. The quantitative estimate of drug-likeness (QED) is 0.588. The van der Waals surface area contributed by atoms with E-state index < -0.39 is 0 Å². The number of alkyl carbamates (subject to hydrolysis) is 1. The highest BCUT2D eigenvalue weighted by Crippen LogP contribution is 2.40. The highest BCUT2D eigenvalue weighted by atomic mass is 16.6. The molecule has 1 saturated carbocycles. The van der Waals surface area contributed by atoms with Crippen LogP contribution in [0.3, 0.4) is 0 Å². The highest BCUT2D eigenvalue weighted by molar-refractivity contribution is 5.91. The minimum atomic E-state index is -0.312. The van der Waals surface area contributed by atoms with Gasteiger partial charge >= 0.3 is 6.09 Å². The van der Waals surface area contributed by atoms with Gasteiger partial charge in [-0.3, -0.25) is 0 Å². The Kier molecular flexibility index (Phi) is 6.17. The van der Waals surface area contributed by atoms with E-state index in [0.29, 0.717) is 6.54 Å². The number of aromatic nitrogens is 1. The maximum Gasteiger partial charge on any atom is 0.407 e. The first-order valence-corrected chi connectivity index (χ1v) is 10.8. The lowest BCUT2D eigenvalue weighted by molar-refractivity contribution is 0.0594. The van der Waals surface area contributed by atoms with Gasteiger partial charge in [0.25, 0.3) is 0 Å². The number of hydrogen-bond acceptors (Lipinski definition) is 4. The number of benzene rings is 2. The molecule has 1 aliphatic carbocycles. The molecule has 1 aromatic heterocycles. The van der Waals surface area contributed by atoms with Crippen molar-refractivity contribution in [3.63, 3.8) is 0 Å². The predicted octanol–water partition coefficient (Wildman–Crippen LogP) is 5.27.